The molecular weight excluding hydrogens is 386 g/mol. The highest BCUT2D eigenvalue weighted by molar-refractivity contribution is 8.23. The Kier molecular flexibility index (Phi) is 5.50. The number of benzene rings is 3. The van der Waals surface area contributed by atoms with Gasteiger partial charge in [0, 0.05) is 17.1 Å². The van der Waals surface area contributed by atoms with Crippen LogP contribution in [-0.4, -0.2) is 27.2 Å². The maximum Gasteiger partial charge on any atom is 0.259 e. The molecule has 4 nitrogen and oxygen atoms in total. The molecule has 1 aliphatic rings. The van der Waals surface area contributed by atoms with Gasteiger partial charge in [-0.15, -0.1) is 0 Å². The molecule has 0 bridgehead atoms. The van der Waals surface area contributed by atoms with E-state index in [9.17, 15) is 4.79 Å². The van der Waals surface area contributed by atoms with E-state index in [1.54, 1.807) is 6.21 Å². The molecule has 0 aromatic heterocycles. The van der Waals surface area contributed by atoms with Crippen molar-refractivity contribution in [3.8, 4) is 0 Å². The number of anilines is 3. The third-order valence-corrected chi connectivity index (χ3v) is 5.57. The lowest BCUT2D eigenvalue weighted by molar-refractivity contribution is -0.123. The Morgan fingerprint density at radius 3 is 1.89 bits per heavy atom. The van der Waals surface area contributed by atoms with Crippen LogP contribution in [-0.2, 0) is 4.79 Å². The smallest absolute Gasteiger partial charge is 0.259 e. The fourth-order valence-corrected chi connectivity index (χ4v) is 3.86. The number of nitrogens with zero attached hydrogens (tertiary/aromatic N) is 3. The average molecular weight is 404 g/mol. The summed E-state index contributed by atoms with van der Waals surface area (Å²) < 4.78 is 0.497. The standard InChI is InChI=1S/C22H17N3OS2/c26-21-16-28-22(27)25(21)23-15-17-11-13-20(14-12-17)24(18-7-3-1-4-8-18)19-9-5-2-6-10-19/h1-15H,16H2/b23-15+. The van der Waals surface area contributed by atoms with E-state index >= 15 is 0 Å². The number of rotatable bonds is 5. The largest absolute Gasteiger partial charge is 0.311 e. The zero-order chi connectivity index (χ0) is 19.3. The van der Waals surface area contributed by atoms with Crippen LogP contribution < -0.4 is 4.90 Å². The van der Waals surface area contributed by atoms with Gasteiger partial charge in [0.2, 0.25) is 0 Å². The van der Waals surface area contributed by atoms with Crippen molar-refractivity contribution < 1.29 is 4.79 Å². The molecular formula is C22H17N3OS2. The summed E-state index contributed by atoms with van der Waals surface area (Å²) in [6.45, 7) is 0. The topological polar surface area (TPSA) is 35.9 Å². The van der Waals surface area contributed by atoms with Crippen molar-refractivity contribution in [2.24, 2.45) is 5.10 Å². The molecule has 0 saturated carbocycles. The van der Waals surface area contributed by atoms with E-state index in [1.807, 2.05) is 60.7 Å². The molecule has 0 spiro atoms. The van der Waals surface area contributed by atoms with Gasteiger partial charge < -0.3 is 4.90 Å². The molecule has 28 heavy (non-hydrogen) atoms. The number of amides is 1. The molecule has 138 valence electrons. The van der Waals surface area contributed by atoms with Crippen LogP contribution in [0.25, 0.3) is 0 Å². The summed E-state index contributed by atoms with van der Waals surface area (Å²) in [6.07, 6.45) is 1.66. The number of thiocarbonyl (C=S) groups is 1. The maximum atomic E-state index is 11.8. The molecule has 3 aromatic rings. The zero-order valence-electron chi connectivity index (χ0n) is 14.9. The van der Waals surface area contributed by atoms with Gasteiger partial charge in [-0.3, -0.25) is 4.79 Å². The number of thioether (sulfide) groups is 1. The minimum absolute atomic E-state index is 0.0813. The number of hydrogen-bond acceptors (Lipinski definition) is 5. The van der Waals surface area contributed by atoms with Crippen LogP contribution in [0.3, 0.4) is 0 Å². The van der Waals surface area contributed by atoms with Gasteiger partial charge in [-0.2, -0.15) is 10.1 Å². The lowest BCUT2D eigenvalue weighted by Crippen LogP contribution is -2.22. The van der Waals surface area contributed by atoms with Crippen molar-refractivity contribution in [2.45, 2.75) is 0 Å². The third kappa shape index (κ3) is 3.98. The van der Waals surface area contributed by atoms with E-state index in [4.69, 9.17) is 12.2 Å². The second-order valence-electron chi connectivity index (χ2n) is 6.10. The predicted octanol–water partition coefficient (Wildman–Crippen LogP) is 5.35. The molecule has 0 N–H and O–H groups in total. The molecule has 4 rings (SSSR count). The molecule has 1 fully saturated rings. The van der Waals surface area contributed by atoms with Gasteiger partial charge in [0.15, 0.2) is 4.32 Å². The minimum Gasteiger partial charge on any atom is -0.311 e. The van der Waals surface area contributed by atoms with Crippen molar-refractivity contribution in [1.29, 1.82) is 0 Å². The van der Waals surface area contributed by atoms with Gasteiger partial charge >= 0.3 is 0 Å². The second-order valence-corrected chi connectivity index (χ2v) is 7.71. The van der Waals surface area contributed by atoms with E-state index in [-0.39, 0.29) is 5.91 Å². The van der Waals surface area contributed by atoms with Gasteiger partial charge in [0.25, 0.3) is 5.91 Å². The SMILES string of the molecule is O=C1CSC(=S)N1/N=C/c1ccc(N(c2ccccc2)c2ccccc2)cc1. The van der Waals surface area contributed by atoms with Crippen molar-refractivity contribution >= 4 is 57.5 Å². The van der Waals surface area contributed by atoms with E-state index in [0.717, 1.165) is 22.6 Å². The highest BCUT2D eigenvalue weighted by Crippen LogP contribution is 2.33. The Labute approximate surface area is 173 Å². The zero-order valence-corrected chi connectivity index (χ0v) is 16.6. The first-order valence-corrected chi connectivity index (χ1v) is 10.2. The second kappa shape index (κ2) is 8.37. The molecule has 1 saturated heterocycles. The summed E-state index contributed by atoms with van der Waals surface area (Å²) >= 11 is 6.48. The van der Waals surface area contributed by atoms with Crippen LogP contribution >= 0.6 is 24.0 Å². The van der Waals surface area contributed by atoms with Gasteiger partial charge in [0.05, 0.1) is 12.0 Å². The summed E-state index contributed by atoms with van der Waals surface area (Å²) in [7, 11) is 0. The number of carbonyl (C=O) groups excluding carboxylic acids is 1. The number of carbonyl (C=O) groups is 1. The monoisotopic (exact) mass is 403 g/mol. The van der Waals surface area contributed by atoms with Crippen LogP contribution in [0, 0.1) is 0 Å². The average Bonchev–Trinajstić information content (AvgIpc) is 3.07. The van der Waals surface area contributed by atoms with E-state index in [0.29, 0.717) is 10.1 Å². The Hall–Kier alpha value is -2.96. The highest BCUT2D eigenvalue weighted by Gasteiger charge is 2.25. The summed E-state index contributed by atoms with van der Waals surface area (Å²) in [5.41, 5.74) is 4.11. The molecule has 0 unspecified atom stereocenters. The van der Waals surface area contributed by atoms with Crippen molar-refractivity contribution in [1.82, 2.24) is 5.01 Å². The van der Waals surface area contributed by atoms with Gasteiger partial charge in [-0.05, 0) is 42.0 Å². The van der Waals surface area contributed by atoms with Crippen molar-refractivity contribution in [2.75, 3.05) is 10.7 Å². The van der Waals surface area contributed by atoms with Gasteiger partial charge in [-0.1, -0.05) is 72.5 Å². The molecule has 0 aliphatic carbocycles. The summed E-state index contributed by atoms with van der Waals surface area (Å²) in [4.78, 5) is 14.0. The lowest BCUT2D eigenvalue weighted by Gasteiger charge is -2.25. The summed E-state index contributed by atoms with van der Waals surface area (Å²) in [6, 6.07) is 28.5. The van der Waals surface area contributed by atoms with Crippen LogP contribution in [0.1, 0.15) is 5.56 Å². The van der Waals surface area contributed by atoms with Crippen molar-refractivity contribution in [3.05, 3.63) is 90.5 Å². The van der Waals surface area contributed by atoms with Gasteiger partial charge in [0.1, 0.15) is 0 Å². The van der Waals surface area contributed by atoms with Crippen LogP contribution in [0.2, 0.25) is 0 Å². The van der Waals surface area contributed by atoms with E-state index in [1.165, 1.54) is 16.8 Å². The number of para-hydroxylation sites is 2. The first kappa shape index (κ1) is 18.4. The van der Waals surface area contributed by atoms with Crippen LogP contribution in [0.4, 0.5) is 17.1 Å². The molecule has 1 aliphatic heterocycles. The predicted molar refractivity (Wildman–Crippen MR) is 121 cm³/mol. The molecule has 1 amide bonds. The summed E-state index contributed by atoms with van der Waals surface area (Å²) in [5.74, 6) is 0.278. The first-order chi connectivity index (χ1) is 13.7. The lowest BCUT2D eigenvalue weighted by atomic mass is 10.1. The maximum absolute atomic E-state index is 11.8. The molecule has 0 atom stereocenters. The fraction of sp³-hybridized carbons (Fsp3) is 0.0455. The molecule has 1 heterocycles. The Morgan fingerprint density at radius 2 is 1.39 bits per heavy atom. The summed E-state index contributed by atoms with van der Waals surface area (Å²) in [5, 5.41) is 5.52. The molecule has 3 aromatic carbocycles. The fourth-order valence-electron chi connectivity index (χ4n) is 2.89. The van der Waals surface area contributed by atoms with Crippen LogP contribution in [0.5, 0.6) is 0 Å². The van der Waals surface area contributed by atoms with E-state index < -0.39 is 0 Å². The quantitative estimate of drug-likeness (QED) is 0.425. The Balaban J connectivity index is 1.62. The van der Waals surface area contributed by atoms with Gasteiger partial charge in [-0.25, -0.2) is 0 Å². The first-order valence-electron chi connectivity index (χ1n) is 8.76. The van der Waals surface area contributed by atoms with Crippen LogP contribution in [0.15, 0.2) is 90.0 Å². The normalized spacial score (nSPS) is 14.1. The minimum atomic E-state index is -0.0813. The number of hydrazone groups is 1. The third-order valence-electron chi connectivity index (χ3n) is 4.23. The Bertz CT molecular complexity index is 949. The highest BCUT2D eigenvalue weighted by atomic mass is 32.2. The number of hydrogen-bond donors (Lipinski definition) is 0. The van der Waals surface area contributed by atoms with E-state index in [2.05, 4.69) is 34.3 Å². The van der Waals surface area contributed by atoms with Crippen molar-refractivity contribution in [3.63, 3.8) is 0 Å². The Morgan fingerprint density at radius 1 is 0.857 bits per heavy atom. The molecule has 0 radical (unpaired) electrons. The molecule has 6 heteroatoms.